The van der Waals surface area contributed by atoms with Crippen LogP contribution in [0, 0.1) is 0 Å². The zero-order chi connectivity index (χ0) is 41.7. The number of anilines is 3. The van der Waals surface area contributed by atoms with E-state index >= 15 is 0 Å². The predicted octanol–water partition coefficient (Wildman–Crippen LogP) is 16.4. The number of nitrogens with zero attached hydrogens (tertiary/aromatic N) is 3. The third kappa shape index (κ3) is 6.21. The lowest BCUT2D eigenvalue weighted by atomic mass is 9.96. The fourth-order valence-electron chi connectivity index (χ4n) is 9.62. The molecule has 296 valence electrons. The Hall–Kier alpha value is -8.40. The summed E-state index contributed by atoms with van der Waals surface area (Å²) in [6, 6.07) is 90.0. The lowest BCUT2D eigenvalue weighted by Gasteiger charge is -2.26. The first-order chi connectivity index (χ1) is 31.3. The second-order valence-electron chi connectivity index (χ2n) is 16.1. The summed E-state index contributed by atoms with van der Waals surface area (Å²) >= 11 is 0. The van der Waals surface area contributed by atoms with Gasteiger partial charge in [0.15, 0.2) is 0 Å². The van der Waals surface area contributed by atoms with Crippen molar-refractivity contribution in [3.63, 3.8) is 0 Å². The highest BCUT2D eigenvalue weighted by Gasteiger charge is 2.24. The van der Waals surface area contributed by atoms with Crippen LogP contribution in [0.4, 0.5) is 17.1 Å². The van der Waals surface area contributed by atoms with Crippen molar-refractivity contribution in [3.05, 3.63) is 249 Å². The van der Waals surface area contributed by atoms with Crippen molar-refractivity contribution in [3.8, 4) is 44.8 Å². The Balaban J connectivity index is 1.08. The molecule has 12 rings (SSSR count). The molecule has 0 atom stereocenters. The van der Waals surface area contributed by atoms with E-state index in [9.17, 15) is 0 Å². The maximum absolute atomic E-state index is 2.48. The van der Waals surface area contributed by atoms with Crippen molar-refractivity contribution in [2.45, 2.75) is 0 Å². The highest BCUT2D eigenvalue weighted by Crippen LogP contribution is 2.47. The summed E-state index contributed by atoms with van der Waals surface area (Å²) in [5.41, 5.74) is 17.5. The molecule has 0 fully saturated rings. The highest BCUT2D eigenvalue weighted by atomic mass is 15.1. The van der Waals surface area contributed by atoms with Gasteiger partial charge in [0, 0.05) is 50.0 Å². The van der Waals surface area contributed by atoms with E-state index < -0.39 is 0 Å². The summed E-state index contributed by atoms with van der Waals surface area (Å²) in [5, 5.41) is 4.91. The number of benzene rings is 10. The molecule has 63 heavy (non-hydrogen) atoms. The molecule has 0 aliphatic carbocycles. The zero-order valence-corrected chi connectivity index (χ0v) is 34.5. The molecule has 0 saturated carbocycles. The lowest BCUT2D eigenvalue weighted by Crippen LogP contribution is -2.09. The van der Waals surface area contributed by atoms with Crippen molar-refractivity contribution < 1.29 is 0 Å². The smallest absolute Gasteiger partial charge is 0.0795 e. The minimum absolute atomic E-state index is 1.09. The molecule has 3 nitrogen and oxygen atoms in total. The maximum Gasteiger partial charge on any atom is 0.0795 e. The van der Waals surface area contributed by atoms with Crippen LogP contribution in [0.3, 0.4) is 0 Å². The first-order valence-corrected chi connectivity index (χ1v) is 21.6. The minimum Gasteiger partial charge on any atom is -0.311 e. The van der Waals surface area contributed by atoms with Gasteiger partial charge in [0.2, 0.25) is 0 Å². The zero-order valence-electron chi connectivity index (χ0n) is 34.5. The second-order valence-corrected chi connectivity index (χ2v) is 16.1. The third-order valence-electron chi connectivity index (χ3n) is 12.5. The molecule has 3 heteroatoms. The van der Waals surface area contributed by atoms with E-state index in [2.05, 4.69) is 263 Å². The quantitative estimate of drug-likeness (QED) is 0.149. The van der Waals surface area contributed by atoms with Crippen LogP contribution in [0.2, 0.25) is 0 Å². The predicted molar refractivity (Wildman–Crippen MR) is 266 cm³/mol. The topological polar surface area (TPSA) is 13.1 Å². The molecule has 0 aliphatic rings. The molecule has 2 aromatic heterocycles. The molecular weight excluding hydrogens is 763 g/mol. The first kappa shape index (κ1) is 36.5. The van der Waals surface area contributed by atoms with E-state index in [1.165, 1.54) is 71.4 Å². The van der Waals surface area contributed by atoms with Crippen LogP contribution in [-0.2, 0) is 0 Å². The van der Waals surface area contributed by atoms with Crippen LogP contribution in [0.5, 0.6) is 0 Å². The van der Waals surface area contributed by atoms with Crippen LogP contribution in [-0.4, -0.2) is 9.13 Å². The Labute approximate surface area is 366 Å². The molecule has 0 radical (unpaired) electrons. The van der Waals surface area contributed by atoms with Crippen LogP contribution in [0.15, 0.2) is 249 Å². The van der Waals surface area contributed by atoms with Gasteiger partial charge in [-0.25, -0.2) is 0 Å². The summed E-state index contributed by atoms with van der Waals surface area (Å²) in [6.07, 6.45) is 0. The number of hydrogen-bond acceptors (Lipinski definition) is 1. The molecule has 0 amide bonds. The Morgan fingerprint density at radius 1 is 0.270 bits per heavy atom. The van der Waals surface area contributed by atoms with Gasteiger partial charge in [0.25, 0.3) is 0 Å². The van der Waals surface area contributed by atoms with Gasteiger partial charge in [-0.2, -0.15) is 0 Å². The van der Waals surface area contributed by atoms with Gasteiger partial charge in [-0.15, -0.1) is 0 Å². The molecule has 2 heterocycles. The van der Waals surface area contributed by atoms with Crippen molar-refractivity contribution >= 4 is 60.7 Å². The van der Waals surface area contributed by atoms with Crippen molar-refractivity contribution in [2.75, 3.05) is 4.90 Å². The Bertz CT molecular complexity index is 3470. The molecule has 0 saturated heterocycles. The van der Waals surface area contributed by atoms with Crippen molar-refractivity contribution in [2.24, 2.45) is 0 Å². The van der Waals surface area contributed by atoms with Gasteiger partial charge in [0.1, 0.15) is 0 Å². The summed E-state index contributed by atoms with van der Waals surface area (Å²) in [7, 11) is 0. The summed E-state index contributed by atoms with van der Waals surface area (Å²) < 4.78 is 4.94. The molecule has 0 N–H and O–H groups in total. The molecular formula is C60H41N3. The van der Waals surface area contributed by atoms with Crippen LogP contribution < -0.4 is 4.90 Å². The van der Waals surface area contributed by atoms with E-state index in [4.69, 9.17) is 0 Å². The summed E-state index contributed by atoms with van der Waals surface area (Å²) in [6.45, 7) is 0. The van der Waals surface area contributed by atoms with E-state index in [-0.39, 0.29) is 0 Å². The van der Waals surface area contributed by atoms with Gasteiger partial charge in [-0.3, -0.25) is 0 Å². The van der Waals surface area contributed by atoms with Gasteiger partial charge in [-0.05, 0) is 112 Å². The molecule has 12 aromatic rings. The average Bonchev–Trinajstić information content (AvgIpc) is 3.89. The molecule has 0 unspecified atom stereocenters. The number of hydrogen-bond donors (Lipinski definition) is 0. The van der Waals surface area contributed by atoms with Crippen molar-refractivity contribution in [1.82, 2.24) is 9.13 Å². The molecule has 10 aromatic carbocycles. The van der Waals surface area contributed by atoms with Gasteiger partial charge in [-0.1, -0.05) is 170 Å². The molecule has 0 aliphatic heterocycles. The number of aromatic nitrogens is 2. The van der Waals surface area contributed by atoms with E-state index in [0.29, 0.717) is 0 Å². The second kappa shape index (κ2) is 15.3. The minimum atomic E-state index is 1.09. The number of rotatable bonds is 8. The van der Waals surface area contributed by atoms with E-state index in [0.717, 1.165) is 34.0 Å². The maximum atomic E-state index is 2.48. The lowest BCUT2D eigenvalue weighted by molar-refractivity contribution is 1.15. The van der Waals surface area contributed by atoms with Gasteiger partial charge >= 0.3 is 0 Å². The SMILES string of the molecule is c1ccc(-c2ccc(N(c3ccc(-c4ccccc4)cc3)c3ccc(-c4cc5c6ccccc6n(-c6ccccc6)c5c5c4c4ccccc4n5-c4ccccc4)cc3)cc2)cc1. The largest absolute Gasteiger partial charge is 0.311 e. The fourth-order valence-corrected chi connectivity index (χ4v) is 9.62. The van der Waals surface area contributed by atoms with Gasteiger partial charge < -0.3 is 14.0 Å². The Morgan fingerprint density at radius 3 is 1.13 bits per heavy atom. The Kier molecular flexibility index (Phi) is 8.83. The van der Waals surface area contributed by atoms with E-state index in [1.54, 1.807) is 0 Å². The van der Waals surface area contributed by atoms with Crippen LogP contribution in [0.25, 0.3) is 88.4 Å². The molecule has 0 spiro atoms. The average molecular weight is 804 g/mol. The van der Waals surface area contributed by atoms with Crippen molar-refractivity contribution in [1.29, 1.82) is 0 Å². The van der Waals surface area contributed by atoms with Crippen LogP contribution >= 0.6 is 0 Å². The Morgan fingerprint density at radius 2 is 0.635 bits per heavy atom. The van der Waals surface area contributed by atoms with Crippen LogP contribution in [0.1, 0.15) is 0 Å². The number of para-hydroxylation sites is 4. The first-order valence-electron chi connectivity index (χ1n) is 21.6. The normalized spacial score (nSPS) is 11.5. The molecule has 0 bridgehead atoms. The summed E-state index contributed by atoms with van der Waals surface area (Å²) in [4.78, 5) is 2.36. The van der Waals surface area contributed by atoms with E-state index in [1.807, 2.05) is 0 Å². The third-order valence-corrected chi connectivity index (χ3v) is 12.5. The number of fused-ring (bicyclic) bond motifs is 7. The highest BCUT2D eigenvalue weighted by molar-refractivity contribution is 6.28. The monoisotopic (exact) mass is 803 g/mol. The van der Waals surface area contributed by atoms with Gasteiger partial charge in [0.05, 0.1) is 22.1 Å². The fraction of sp³-hybridized carbons (Fsp3) is 0. The standard InChI is InChI=1S/C60H41N3/c1-5-17-42(18-6-1)44-29-35-49(36-30-44)61(50-37-31-45(32-38-50)43-19-7-2-8-20-43)51-39-33-46(34-40-51)54-41-55-52-25-13-15-27-56(52)62(47-21-9-3-10-22-47)59(55)60-58(54)53-26-14-16-28-57(53)63(60)48-23-11-4-12-24-48/h1-41H. The summed E-state index contributed by atoms with van der Waals surface area (Å²) in [5.74, 6) is 0.